The maximum Gasteiger partial charge on any atom is 0.322 e. The van der Waals surface area contributed by atoms with Gasteiger partial charge in [-0.1, -0.05) is 0 Å². The smallest absolute Gasteiger partial charge is 0.322 e. The van der Waals surface area contributed by atoms with E-state index in [1.54, 1.807) is 53.4 Å². The maximum atomic E-state index is 12.4. The van der Waals surface area contributed by atoms with Crippen LogP contribution in [0.2, 0.25) is 0 Å². The standard InChI is InChI=1S/C20H18N4O2/c21-12-1-13-24(17-6-7-17)20(25)23-16-4-10-19(11-5-16)26-18-8-2-15(14-22)3-9-18/h2-5,8-11,17H,1,6-7,13H2,(H,23,25). The Labute approximate surface area is 152 Å². The van der Waals surface area contributed by atoms with Crippen LogP contribution in [0.1, 0.15) is 24.8 Å². The number of amides is 2. The third-order valence-electron chi connectivity index (χ3n) is 4.04. The molecule has 6 nitrogen and oxygen atoms in total. The fourth-order valence-electron chi connectivity index (χ4n) is 2.54. The number of ether oxygens (including phenoxy) is 1. The minimum Gasteiger partial charge on any atom is -0.457 e. The van der Waals surface area contributed by atoms with Gasteiger partial charge in [-0.15, -0.1) is 0 Å². The van der Waals surface area contributed by atoms with Crippen LogP contribution in [-0.4, -0.2) is 23.5 Å². The molecule has 0 radical (unpaired) electrons. The molecule has 0 unspecified atom stereocenters. The molecule has 0 spiro atoms. The topological polar surface area (TPSA) is 89.2 Å². The molecule has 1 aliphatic carbocycles. The summed E-state index contributed by atoms with van der Waals surface area (Å²) >= 11 is 0. The monoisotopic (exact) mass is 346 g/mol. The molecule has 6 heteroatoms. The molecule has 2 amide bonds. The summed E-state index contributed by atoms with van der Waals surface area (Å²) in [6.45, 7) is 0.451. The van der Waals surface area contributed by atoms with Crippen molar-refractivity contribution in [3.8, 4) is 23.6 Å². The fraction of sp³-hybridized carbons (Fsp3) is 0.250. The Kier molecular flexibility index (Phi) is 5.36. The van der Waals surface area contributed by atoms with Gasteiger partial charge in [0.2, 0.25) is 0 Å². The third kappa shape index (κ3) is 4.52. The second kappa shape index (κ2) is 8.04. The highest BCUT2D eigenvalue weighted by Crippen LogP contribution is 2.28. The first-order valence-corrected chi connectivity index (χ1v) is 8.42. The van der Waals surface area contributed by atoms with Gasteiger partial charge in [0.05, 0.1) is 24.1 Å². The molecule has 0 aromatic heterocycles. The molecular formula is C20H18N4O2. The second-order valence-corrected chi connectivity index (χ2v) is 6.03. The molecule has 26 heavy (non-hydrogen) atoms. The van der Waals surface area contributed by atoms with Crippen molar-refractivity contribution >= 4 is 11.7 Å². The number of anilines is 1. The second-order valence-electron chi connectivity index (χ2n) is 6.03. The van der Waals surface area contributed by atoms with Crippen molar-refractivity contribution in [3.63, 3.8) is 0 Å². The molecule has 1 fully saturated rings. The zero-order valence-corrected chi connectivity index (χ0v) is 14.2. The molecule has 130 valence electrons. The van der Waals surface area contributed by atoms with E-state index in [2.05, 4.69) is 17.5 Å². The summed E-state index contributed by atoms with van der Waals surface area (Å²) in [4.78, 5) is 14.1. The van der Waals surface area contributed by atoms with Crippen molar-refractivity contribution in [3.05, 3.63) is 54.1 Å². The van der Waals surface area contributed by atoms with Crippen LogP contribution < -0.4 is 10.1 Å². The predicted octanol–water partition coefficient (Wildman–Crippen LogP) is 4.26. The summed E-state index contributed by atoms with van der Waals surface area (Å²) in [6.07, 6.45) is 2.33. The quantitative estimate of drug-likeness (QED) is 0.846. The van der Waals surface area contributed by atoms with Crippen LogP contribution in [0.25, 0.3) is 0 Å². The number of carbonyl (C=O) groups excluding carboxylic acids is 1. The fourth-order valence-corrected chi connectivity index (χ4v) is 2.54. The number of rotatable bonds is 6. The van der Waals surface area contributed by atoms with Crippen molar-refractivity contribution in [2.24, 2.45) is 0 Å². The van der Waals surface area contributed by atoms with Gasteiger partial charge >= 0.3 is 6.03 Å². The molecule has 1 aliphatic rings. The van der Waals surface area contributed by atoms with E-state index in [1.165, 1.54) is 0 Å². The van der Waals surface area contributed by atoms with Crippen LogP contribution in [0, 0.1) is 22.7 Å². The van der Waals surface area contributed by atoms with Crippen molar-refractivity contribution in [1.29, 1.82) is 10.5 Å². The van der Waals surface area contributed by atoms with Crippen LogP contribution in [0.3, 0.4) is 0 Å². The first-order chi connectivity index (χ1) is 12.7. The molecule has 1 N–H and O–H groups in total. The van der Waals surface area contributed by atoms with Gasteiger partial charge in [0, 0.05) is 18.3 Å². The SMILES string of the molecule is N#CCCN(C(=O)Nc1ccc(Oc2ccc(C#N)cc2)cc1)C1CC1. The minimum atomic E-state index is -0.177. The van der Waals surface area contributed by atoms with E-state index in [4.69, 9.17) is 15.3 Å². The zero-order valence-electron chi connectivity index (χ0n) is 14.2. The number of hydrogen-bond acceptors (Lipinski definition) is 4. The Bertz CT molecular complexity index is 843. The van der Waals surface area contributed by atoms with Gasteiger partial charge in [-0.3, -0.25) is 0 Å². The Balaban J connectivity index is 1.59. The molecule has 0 atom stereocenters. The van der Waals surface area contributed by atoms with E-state index in [9.17, 15) is 4.79 Å². The van der Waals surface area contributed by atoms with Crippen molar-refractivity contribution in [2.45, 2.75) is 25.3 Å². The van der Waals surface area contributed by atoms with Crippen LogP contribution >= 0.6 is 0 Å². The Morgan fingerprint density at radius 3 is 2.23 bits per heavy atom. The first kappa shape index (κ1) is 17.3. The number of nitriles is 2. The van der Waals surface area contributed by atoms with E-state index in [1.807, 2.05) is 0 Å². The van der Waals surface area contributed by atoms with Crippen LogP contribution in [0.15, 0.2) is 48.5 Å². The predicted molar refractivity (Wildman–Crippen MR) is 96.6 cm³/mol. The zero-order chi connectivity index (χ0) is 18.4. The molecular weight excluding hydrogens is 328 g/mol. The van der Waals surface area contributed by atoms with Gasteiger partial charge in [-0.05, 0) is 61.4 Å². The van der Waals surface area contributed by atoms with Crippen molar-refractivity contribution in [2.75, 3.05) is 11.9 Å². The first-order valence-electron chi connectivity index (χ1n) is 8.42. The van der Waals surface area contributed by atoms with E-state index < -0.39 is 0 Å². The van der Waals surface area contributed by atoms with Gasteiger partial charge in [-0.2, -0.15) is 10.5 Å². The Morgan fingerprint density at radius 1 is 1.08 bits per heavy atom. The maximum absolute atomic E-state index is 12.4. The molecule has 0 heterocycles. The number of benzene rings is 2. The van der Waals surface area contributed by atoms with E-state index in [0.717, 1.165) is 12.8 Å². The molecule has 2 aromatic rings. The third-order valence-corrected chi connectivity index (χ3v) is 4.04. The van der Waals surface area contributed by atoms with E-state index in [0.29, 0.717) is 35.7 Å². The lowest BCUT2D eigenvalue weighted by molar-refractivity contribution is 0.210. The average molecular weight is 346 g/mol. The van der Waals surface area contributed by atoms with Crippen molar-refractivity contribution < 1.29 is 9.53 Å². The Morgan fingerprint density at radius 2 is 1.69 bits per heavy atom. The number of nitrogens with one attached hydrogen (secondary N) is 1. The van der Waals surface area contributed by atoms with E-state index >= 15 is 0 Å². The van der Waals surface area contributed by atoms with Crippen LogP contribution in [0.4, 0.5) is 10.5 Å². The van der Waals surface area contributed by atoms with E-state index in [-0.39, 0.29) is 12.1 Å². The summed E-state index contributed by atoms with van der Waals surface area (Å²) in [5, 5.41) is 20.4. The van der Waals surface area contributed by atoms with Gasteiger partial charge in [0.25, 0.3) is 0 Å². The summed E-state index contributed by atoms with van der Waals surface area (Å²) in [6, 6.07) is 18.1. The number of urea groups is 1. The highest BCUT2D eigenvalue weighted by atomic mass is 16.5. The highest BCUT2D eigenvalue weighted by molar-refractivity contribution is 5.89. The summed E-state index contributed by atoms with van der Waals surface area (Å²) in [7, 11) is 0. The number of carbonyl (C=O) groups is 1. The lowest BCUT2D eigenvalue weighted by Crippen LogP contribution is -2.37. The van der Waals surface area contributed by atoms with Crippen molar-refractivity contribution in [1.82, 2.24) is 4.90 Å². The number of nitrogens with zero attached hydrogens (tertiary/aromatic N) is 3. The van der Waals surface area contributed by atoms with Gasteiger partial charge in [-0.25, -0.2) is 4.79 Å². The summed E-state index contributed by atoms with van der Waals surface area (Å²) in [5.74, 6) is 1.27. The highest BCUT2D eigenvalue weighted by Gasteiger charge is 2.32. The summed E-state index contributed by atoms with van der Waals surface area (Å²) in [5.41, 5.74) is 1.25. The largest absolute Gasteiger partial charge is 0.457 e. The summed E-state index contributed by atoms with van der Waals surface area (Å²) < 4.78 is 5.72. The average Bonchev–Trinajstić information content (AvgIpc) is 3.49. The lowest BCUT2D eigenvalue weighted by atomic mass is 10.2. The number of hydrogen-bond donors (Lipinski definition) is 1. The van der Waals surface area contributed by atoms with Crippen LogP contribution in [-0.2, 0) is 0 Å². The van der Waals surface area contributed by atoms with Gasteiger partial charge < -0.3 is 15.0 Å². The minimum absolute atomic E-state index is 0.177. The molecule has 0 aliphatic heterocycles. The normalized spacial score (nSPS) is 12.5. The Hall–Kier alpha value is -3.51. The van der Waals surface area contributed by atoms with Crippen LogP contribution in [0.5, 0.6) is 11.5 Å². The van der Waals surface area contributed by atoms with Gasteiger partial charge in [0.15, 0.2) is 0 Å². The van der Waals surface area contributed by atoms with Gasteiger partial charge in [0.1, 0.15) is 11.5 Å². The molecule has 3 rings (SSSR count). The molecule has 1 saturated carbocycles. The molecule has 0 bridgehead atoms. The molecule has 0 saturated heterocycles. The lowest BCUT2D eigenvalue weighted by Gasteiger charge is -2.21. The molecule has 2 aromatic carbocycles.